The maximum Gasteiger partial charge on any atom is 0.129 e. The SMILES string of the molecule is C[Si](C)(C)C#CC1=CC[C@@H](c2ccccc2)C1. The Morgan fingerprint density at radius 2 is 1.82 bits per heavy atom. The van der Waals surface area contributed by atoms with E-state index in [9.17, 15) is 0 Å². The lowest BCUT2D eigenvalue weighted by atomic mass is 9.96. The average molecular weight is 240 g/mol. The van der Waals surface area contributed by atoms with E-state index in [0.29, 0.717) is 5.92 Å². The molecule has 1 heteroatoms. The van der Waals surface area contributed by atoms with Crippen LogP contribution in [0.1, 0.15) is 24.3 Å². The van der Waals surface area contributed by atoms with E-state index in [4.69, 9.17) is 0 Å². The molecular formula is C16H20Si. The summed E-state index contributed by atoms with van der Waals surface area (Å²) in [5.74, 6) is 4.05. The summed E-state index contributed by atoms with van der Waals surface area (Å²) in [6, 6.07) is 10.8. The fourth-order valence-electron chi connectivity index (χ4n) is 2.07. The zero-order valence-corrected chi connectivity index (χ0v) is 12.0. The molecule has 0 heterocycles. The van der Waals surface area contributed by atoms with Crippen molar-refractivity contribution in [3.05, 3.63) is 47.5 Å². The minimum atomic E-state index is -1.23. The topological polar surface area (TPSA) is 0 Å². The van der Waals surface area contributed by atoms with Gasteiger partial charge in [-0.2, -0.15) is 0 Å². The first-order valence-electron chi connectivity index (χ1n) is 6.32. The van der Waals surface area contributed by atoms with Crippen molar-refractivity contribution in [3.63, 3.8) is 0 Å². The van der Waals surface area contributed by atoms with E-state index in [2.05, 4.69) is 67.5 Å². The second-order valence-corrected chi connectivity index (χ2v) is 10.5. The Labute approximate surface area is 106 Å². The smallest absolute Gasteiger partial charge is 0.127 e. The van der Waals surface area contributed by atoms with Gasteiger partial charge in [0.15, 0.2) is 0 Å². The van der Waals surface area contributed by atoms with Gasteiger partial charge in [-0.3, -0.25) is 0 Å². The third kappa shape index (κ3) is 3.61. The Morgan fingerprint density at radius 1 is 1.12 bits per heavy atom. The molecule has 0 spiro atoms. The van der Waals surface area contributed by atoms with E-state index >= 15 is 0 Å². The summed E-state index contributed by atoms with van der Waals surface area (Å²) < 4.78 is 0. The maximum absolute atomic E-state index is 3.46. The van der Waals surface area contributed by atoms with Gasteiger partial charge >= 0.3 is 0 Å². The zero-order valence-electron chi connectivity index (χ0n) is 11.0. The summed E-state index contributed by atoms with van der Waals surface area (Å²) in [6.07, 6.45) is 4.60. The average Bonchev–Trinajstić information content (AvgIpc) is 2.75. The van der Waals surface area contributed by atoms with Crippen molar-refractivity contribution >= 4 is 8.07 Å². The first-order valence-corrected chi connectivity index (χ1v) is 9.82. The Morgan fingerprint density at radius 3 is 2.47 bits per heavy atom. The minimum Gasteiger partial charge on any atom is -0.127 e. The molecule has 0 radical (unpaired) electrons. The second-order valence-electron chi connectivity index (χ2n) is 5.78. The number of rotatable bonds is 1. The van der Waals surface area contributed by atoms with Gasteiger partial charge in [0.2, 0.25) is 0 Å². The van der Waals surface area contributed by atoms with E-state index in [1.165, 1.54) is 11.1 Å². The van der Waals surface area contributed by atoms with Crippen molar-refractivity contribution in [3.8, 4) is 11.5 Å². The quantitative estimate of drug-likeness (QED) is 0.505. The Bertz CT molecular complexity index is 466. The molecule has 0 nitrogen and oxygen atoms in total. The standard InChI is InChI=1S/C16H20Si/c1-17(2,3)12-11-14-9-10-16(13-14)15-7-5-4-6-8-15/h4-9,16H,10,13H2,1-3H3/t16-/m1/s1. The molecule has 88 valence electrons. The summed E-state index contributed by atoms with van der Waals surface area (Å²) in [6.45, 7) is 6.89. The first-order chi connectivity index (χ1) is 8.04. The van der Waals surface area contributed by atoms with Crippen LogP contribution in [-0.2, 0) is 0 Å². The van der Waals surface area contributed by atoms with E-state index in [1.54, 1.807) is 0 Å². The van der Waals surface area contributed by atoms with Crippen molar-refractivity contribution in [2.75, 3.05) is 0 Å². The van der Waals surface area contributed by atoms with E-state index < -0.39 is 8.07 Å². The molecule has 1 aromatic rings. The van der Waals surface area contributed by atoms with Crippen molar-refractivity contribution in [2.24, 2.45) is 0 Å². The van der Waals surface area contributed by atoms with Gasteiger partial charge in [0.1, 0.15) is 8.07 Å². The van der Waals surface area contributed by atoms with Crippen LogP contribution in [-0.4, -0.2) is 8.07 Å². The number of hydrogen-bond acceptors (Lipinski definition) is 0. The predicted octanol–water partition coefficient (Wildman–Crippen LogP) is 4.37. The molecule has 0 bridgehead atoms. The first kappa shape index (κ1) is 12.2. The fraction of sp³-hybridized carbons (Fsp3) is 0.375. The molecule has 1 aliphatic rings. The van der Waals surface area contributed by atoms with Crippen molar-refractivity contribution in [2.45, 2.75) is 38.4 Å². The van der Waals surface area contributed by atoms with Crippen LogP contribution in [0.15, 0.2) is 42.0 Å². The molecule has 0 saturated heterocycles. The molecule has 1 aromatic carbocycles. The highest BCUT2D eigenvalue weighted by molar-refractivity contribution is 6.83. The van der Waals surface area contributed by atoms with Gasteiger partial charge in [-0.05, 0) is 29.9 Å². The highest BCUT2D eigenvalue weighted by Crippen LogP contribution is 2.33. The van der Waals surface area contributed by atoms with Crippen LogP contribution < -0.4 is 0 Å². The molecule has 17 heavy (non-hydrogen) atoms. The molecule has 1 aliphatic carbocycles. The number of hydrogen-bond donors (Lipinski definition) is 0. The van der Waals surface area contributed by atoms with Crippen molar-refractivity contribution in [1.82, 2.24) is 0 Å². The van der Waals surface area contributed by atoms with Crippen LogP contribution in [0.3, 0.4) is 0 Å². The zero-order chi connectivity index (χ0) is 12.3. The maximum atomic E-state index is 3.46. The highest BCUT2D eigenvalue weighted by Gasteiger charge is 2.17. The molecule has 0 fully saturated rings. The van der Waals surface area contributed by atoms with Gasteiger partial charge in [-0.25, -0.2) is 0 Å². The summed E-state index contributed by atoms with van der Waals surface area (Å²) in [7, 11) is -1.23. The van der Waals surface area contributed by atoms with Gasteiger partial charge in [-0.15, -0.1) is 5.54 Å². The van der Waals surface area contributed by atoms with Crippen LogP contribution in [0.5, 0.6) is 0 Å². The summed E-state index contributed by atoms with van der Waals surface area (Å²) in [5.41, 5.74) is 6.26. The Kier molecular flexibility index (Phi) is 3.54. The molecule has 1 atom stereocenters. The molecular weight excluding hydrogens is 220 g/mol. The lowest BCUT2D eigenvalue weighted by Crippen LogP contribution is -2.16. The summed E-state index contributed by atoms with van der Waals surface area (Å²) in [4.78, 5) is 0. The van der Waals surface area contributed by atoms with E-state index in [1.807, 2.05) is 0 Å². The summed E-state index contributed by atoms with van der Waals surface area (Å²) >= 11 is 0. The summed E-state index contributed by atoms with van der Waals surface area (Å²) in [5, 5.41) is 0. The second kappa shape index (κ2) is 4.94. The lowest BCUT2D eigenvalue weighted by Gasteiger charge is -2.09. The fourth-order valence-corrected chi connectivity index (χ4v) is 2.60. The number of benzene rings is 1. The van der Waals surface area contributed by atoms with Crippen LogP contribution >= 0.6 is 0 Å². The van der Waals surface area contributed by atoms with Gasteiger partial charge in [0, 0.05) is 0 Å². The van der Waals surface area contributed by atoms with Crippen LogP contribution in [0.25, 0.3) is 0 Å². The van der Waals surface area contributed by atoms with Crippen LogP contribution in [0.2, 0.25) is 19.6 Å². The molecule has 0 aromatic heterocycles. The molecule has 0 saturated carbocycles. The molecule has 0 N–H and O–H groups in total. The van der Waals surface area contributed by atoms with Gasteiger partial charge in [0.05, 0.1) is 0 Å². The normalized spacial score (nSPS) is 19.5. The third-order valence-corrected chi connectivity index (χ3v) is 3.86. The lowest BCUT2D eigenvalue weighted by molar-refractivity contribution is 0.747. The van der Waals surface area contributed by atoms with E-state index in [0.717, 1.165) is 12.8 Å². The third-order valence-electron chi connectivity index (χ3n) is 2.98. The molecule has 2 rings (SSSR count). The van der Waals surface area contributed by atoms with Crippen LogP contribution in [0, 0.1) is 11.5 Å². The monoisotopic (exact) mass is 240 g/mol. The Hall–Kier alpha value is -1.26. The van der Waals surface area contributed by atoms with Crippen molar-refractivity contribution in [1.29, 1.82) is 0 Å². The van der Waals surface area contributed by atoms with Gasteiger partial charge < -0.3 is 0 Å². The van der Waals surface area contributed by atoms with Crippen molar-refractivity contribution < 1.29 is 0 Å². The number of allylic oxidation sites excluding steroid dienone is 2. The van der Waals surface area contributed by atoms with Gasteiger partial charge in [-0.1, -0.05) is 62.0 Å². The van der Waals surface area contributed by atoms with E-state index in [-0.39, 0.29) is 0 Å². The highest BCUT2D eigenvalue weighted by atomic mass is 28.3. The Balaban J connectivity index is 2.02. The molecule has 0 amide bonds. The molecule has 0 aliphatic heterocycles. The van der Waals surface area contributed by atoms with Gasteiger partial charge in [0.25, 0.3) is 0 Å². The minimum absolute atomic E-state index is 0.655. The molecule has 0 unspecified atom stereocenters. The van der Waals surface area contributed by atoms with Crippen LogP contribution in [0.4, 0.5) is 0 Å². The largest absolute Gasteiger partial charge is 0.129 e. The predicted molar refractivity (Wildman–Crippen MR) is 77.6 cm³/mol.